The minimum atomic E-state index is -1.00. The van der Waals surface area contributed by atoms with Gasteiger partial charge in [-0.15, -0.1) is 0 Å². The van der Waals surface area contributed by atoms with E-state index in [4.69, 9.17) is 4.74 Å². The summed E-state index contributed by atoms with van der Waals surface area (Å²) < 4.78 is 19.7. The molecule has 0 N–H and O–H groups in total. The van der Waals surface area contributed by atoms with E-state index in [1.54, 1.807) is 10.7 Å². The van der Waals surface area contributed by atoms with E-state index in [2.05, 4.69) is 15.0 Å². The Kier molecular flexibility index (Phi) is 4.66. The molecular weight excluding hydrogens is 312 g/mol. The summed E-state index contributed by atoms with van der Waals surface area (Å²) in [6.45, 7) is 4.48. The van der Waals surface area contributed by atoms with Crippen molar-refractivity contribution < 1.29 is 8.95 Å². The second-order valence-corrected chi connectivity index (χ2v) is 6.55. The van der Waals surface area contributed by atoms with E-state index >= 15 is 0 Å². The summed E-state index contributed by atoms with van der Waals surface area (Å²) in [6.07, 6.45) is 5.86. The second-order valence-electron chi connectivity index (χ2n) is 4.98. The van der Waals surface area contributed by atoms with Crippen LogP contribution in [0.15, 0.2) is 41.9 Å². The lowest BCUT2D eigenvalue weighted by Gasteiger charge is -2.10. The van der Waals surface area contributed by atoms with Crippen LogP contribution in [0.25, 0.3) is 17.0 Å². The first-order valence-corrected chi connectivity index (χ1v) is 8.85. The highest BCUT2D eigenvalue weighted by Crippen LogP contribution is 2.31. The molecule has 3 rings (SSSR count). The standard InChI is InChI=1S/C16H18N4O2S/c1-3-7-23(21)12-5-6-13(15(8-12)22-4-2)14-9-20-11-17-10-18-16(20)19-14/h5-6,8-11H,3-4,7H2,1-2H3. The van der Waals surface area contributed by atoms with Crippen LogP contribution in [0.5, 0.6) is 5.75 Å². The molecule has 0 aliphatic heterocycles. The summed E-state index contributed by atoms with van der Waals surface area (Å²) in [7, 11) is -1.00. The Morgan fingerprint density at radius 2 is 2.17 bits per heavy atom. The Bertz CT molecular complexity index is 814. The molecule has 0 bridgehead atoms. The number of imidazole rings is 1. The molecule has 3 aromatic rings. The molecule has 0 saturated carbocycles. The fourth-order valence-corrected chi connectivity index (χ4v) is 3.38. The number of hydrogen-bond donors (Lipinski definition) is 0. The van der Waals surface area contributed by atoms with Crippen molar-refractivity contribution in [1.82, 2.24) is 19.4 Å². The SMILES string of the molecule is CCCS(=O)c1ccc(-c2cn3cncnc3n2)c(OCC)c1. The van der Waals surface area contributed by atoms with Gasteiger partial charge in [-0.25, -0.2) is 15.0 Å². The fourth-order valence-electron chi connectivity index (χ4n) is 2.31. The van der Waals surface area contributed by atoms with Gasteiger partial charge in [-0.2, -0.15) is 0 Å². The maximum atomic E-state index is 12.2. The first-order chi connectivity index (χ1) is 11.2. The lowest BCUT2D eigenvalue weighted by atomic mass is 10.1. The summed E-state index contributed by atoms with van der Waals surface area (Å²) in [5, 5.41) is 0. The molecule has 1 atom stereocenters. The number of fused-ring (bicyclic) bond motifs is 1. The first kappa shape index (κ1) is 15.6. The summed E-state index contributed by atoms with van der Waals surface area (Å²) in [5.74, 6) is 1.91. The van der Waals surface area contributed by atoms with Crippen LogP contribution < -0.4 is 4.74 Å². The van der Waals surface area contributed by atoms with Gasteiger partial charge in [-0.3, -0.25) is 8.61 Å². The Labute approximate surface area is 137 Å². The van der Waals surface area contributed by atoms with Gasteiger partial charge in [0.2, 0.25) is 5.78 Å². The Hall–Kier alpha value is -2.28. The zero-order valence-electron chi connectivity index (χ0n) is 13.1. The molecule has 0 radical (unpaired) electrons. The van der Waals surface area contributed by atoms with Crippen molar-refractivity contribution >= 4 is 16.6 Å². The van der Waals surface area contributed by atoms with Gasteiger partial charge in [0.25, 0.3) is 0 Å². The quantitative estimate of drug-likeness (QED) is 0.695. The van der Waals surface area contributed by atoms with Crippen LogP contribution in [-0.4, -0.2) is 35.9 Å². The van der Waals surface area contributed by atoms with Crippen LogP contribution >= 0.6 is 0 Å². The van der Waals surface area contributed by atoms with E-state index in [0.29, 0.717) is 23.9 Å². The summed E-state index contributed by atoms with van der Waals surface area (Å²) >= 11 is 0. The number of ether oxygens (including phenoxy) is 1. The molecule has 2 heterocycles. The van der Waals surface area contributed by atoms with Crippen molar-refractivity contribution in [3.8, 4) is 17.0 Å². The average Bonchev–Trinajstić information content (AvgIpc) is 2.99. The number of benzene rings is 1. The number of aromatic nitrogens is 4. The predicted molar refractivity (Wildman–Crippen MR) is 89.0 cm³/mol. The minimum Gasteiger partial charge on any atom is -0.493 e. The molecular formula is C16H18N4O2S. The van der Waals surface area contributed by atoms with Crippen molar-refractivity contribution in [2.45, 2.75) is 25.2 Å². The van der Waals surface area contributed by atoms with Crippen LogP contribution in [0.3, 0.4) is 0 Å². The largest absolute Gasteiger partial charge is 0.493 e. The van der Waals surface area contributed by atoms with E-state index in [-0.39, 0.29) is 0 Å². The molecule has 0 saturated heterocycles. The molecule has 120 valence electrons. The van der Waals surface area contributed by atoms with Gasteiger partial charge in [0.15, 0.2) is 0 Å². The van der Waals surface area contributed by atoms with Gasteiger partial charge in [-0.1, -0.05) is 6.92 Å². The lowest BCUT2D eigenvalue weighted by molar-refractivity contribution is 0.340. The predicted octanol–water partition coefficient (Wildman–Crippen LogP) is 2.71. The highest BCUT2D eigenvalue weighted by Gasteiger charge is 2.14. The van der Waals surface area contributed by atoms with Gasteiger partial charge in [-0.05, 0) is 31.5 Å². The van der Waals surface area contributed by atoms with Crippen molar-refractivity contribution in [2.75, 3.05) is 12.4 Å². The topological polar surface area (TPSA) is 69.4 Å². The van der Waals surface area contributed by atoms with E-state index in [9.17, 15) is 4.21 Å². The summed E-state index contributed by atoms with van der Waals surface area (Å²) in [5.41, 5.74) is 1.61. The molecule has 0 fully saturated rings. The van der Waals surface area contributed by atoms with Crippen molar-refractivity contribution in [3.63, 3.8) is 0 Å². The molecule has 2 aromatic heterocycles. The van der Waals surface area contributed by atoms with Crippen molar-refractivity contribution in [3.05, 3.63) is 37.1 Å². The molecule has 0 aliphatic rings. The zero-order chi connectivity index (χ0) is 16.2. The highest BCUT2D eigenvalue weighted by molar-refractivity contribution is 7.85. The number of hydrogen-bond acceptors (Lipinski definition) is 5. The monoisotopic (exact) mass is 330 g/mol. The van der Waals surface area contributed by atoms with Crippen LogP contribution in [-0.2, 0) is 10.8 Å². The highest BCUT2D eigenvalue weighted by atomic mass is 32.2. The maximum absolute atomic E-state index is 12.2. The van der Waals surface area contributed by atoms with E-state index in [0.717, 1.165) is 22.6 Å². The van der Waals surface area contributed by atoms with Crippen LogP contribution in [0.2, 0.25) is 0 Å². The number of rotatable bonds is 6. The van der Waals surface area contributed by atoms with Crippen LogP contribution in [0.4, 0.5) is 0 Å². The van der Waals surface area contributed by atoms with Gasteiger partial charge in [0, 0.05) is 22.4 Å². The minimum absolute atomic E-state index is 0.532. The van der Waals surface area contributed by atoms with Crippen molar-refractivity contribution in [2.24, 2.45) is 0 Å². The third-order valence-corrected chi connectivity index (χ3v) is 4.88. The number of nitrogens with zero attached hydrogens (tertiary/aromatic N) is 4. The average molecular weight is 330 g/mol. The Morgan fingerprint density at radius 1 is 1.30 bits per heavy atom. The molecule has 23 heavy (non-hydrogen) atoms. The molecule has 6 nitrogen and oxygen atoms in total. The van der Waals surface area contributed by atoms with Gasteiger partial charge >= 0.3 is 0 Å². The zero-order valence-corrected chi connectivity index (χ0v) is 13.9. The molecule has 7 heteroatoms. The van der Waals surface area contributed by atoms with E-state index in [1.807, 2.05) is 38.2 Å². The summed E-state index contributed by atoms with van der Waals surface area (Å²) in [6, 6.07) is 5.63. The third kappa shape index (κ3) is 3.24. The summed E-state index contributed by atoms with van der Waals surface area (Å²) in [4.78, 5) is 13.4. The molecule has 1 unspecified atom stereocenters. The van der Waals surface area contributed by atoms with Crippen molar-refractivity contribution in [1.29, 1.82) is 0 Å². The van der Waals surface area contributed by atoms with E-state index < -0.39 is 10.8 Å². The fraction of sp³-hybridized carbons (Fsp3) is 0.312. The third-order valence-electron chi connectivity index (χ3n) is 3.32. The molecule has 0 spiro atoms. The Morgan fingerprint density at radius 3 is 2.91 bits per heavy atom. The van der Waals surface area contributed by atoms with E-state index in [1.165, 1.54) is 6.33 Å². The maximum Gasteiger partial charge on any atom is 0.237 e. The second kappa shape index (κ2) is 6.87. The molecule has 0 aliphatic carbocycles. The lowest BCUT2D eigenvalue weighted by Crippen LogP contribution is -2.00. The normalized spacial score (nSPS) is 12.4. The van der Waals surface area contributed by atoms with Crippen LogP contribution in [0, 0.1) is 0 Å². The van der Waals surface area contributed by atoms with Gasteiger partial charge < -0.3 is 4.74 Å². The smallest absolute Gasteiger partial charge is 0.237 e. The van der Waals surface area contributed by atoms with Crippen LogP contribution in [0.1, 0.15) is 20.3 Å². The molecule has 0 amide bonds. The Balaban J connectivity index is 2.05. The molecule has 1 aromatic carbocycles. The van der Waals surface area contributed by atoms with Gasteiger partial charge in [0.05, 0.1) is 23.1 Å². The first-order valence-electron chi connectivity index (χ1n) is 7.53. The van der Waals surface area contributed by atoms with Gasteiger partial charge in [0.1, 0.15) is 18.4 Å².